The van der Waals surface area contributed by atoms with Gasteiger partial charge in [-0.05, 0) is 24.3 Å². The summed E-state index contributed by atoms with van der Waals surface area (Å²) >= 11 is 0. The van der Waals surface area contributed by atoms with Crippen molar-refractivity contribution in [1.29, 1.82) is 0 Å². The van der Waals surface area contributed by atoms with Crippen LogP contribution in [0, 0.1) is 0 Å². The normalized spacial score (nSPS) is 9.93. The Kier molecular flexibility index (Phi) is 3.00. The largest absolute Gasteiger partial charge is 0.457 e. The molecule has 0 aliphatic rings. The van der Waals surface area contributed by atoms with E-state index in [-0.39, 0.29) is 0 Å². The third kappa shape index (κ3) is 2.58. The molecule has 0 bridgehead atoms. The quantitative estimate of drug-likeness (QED) is 0.756. The van der Waals surface area contributed by atoms with Crippen LogP contribution in [0.25, 0.3) is 0 Å². The lowest BCUT2D eigenvalue weighted by Crippen LogP contribution is -2.72. The number of hydrogen-bond acceptors (Lipinski definition) is 1. The van der Waals surface area contributed by atoms with Crippen molar-refractivity contribution >= 4 is 5.69 Å². The fraction of sp³-hybridized carbons (Fsp3) is 0.0769. The van der Waals surface area contributed by atoms with Gasteiger partial charge in [-0.3, -0.25) is 0 Å². The Morgan fingerprint density at radius 3 is 2.33 bits per heavy atom. The van der Waals surface area contributed by atoms with Gasteiger partial charge in [-0.25, -0.2) is 0 Å². The number of benzene rings is 2. The van der Waals surface area contributed by atoms with Crippen LogP contribution in [0.1, 0.15) is 0 Å². The van der Waals surface area contributed by atoms with Gasteiger partial charge in [0.2, 0.25) is 0 Å². The SMILES string of the molecule is C[NH2+]c1cccc(Oc2ccccc2)c1. The van der Waals surface area contributed by atoms with Crippen LogP contribution in [0.2, 0.25) is 0 Å². The van der Waals surface area contributed by atoms with Crippen LogP contribution < -0.4 is 10.1 Å². The minimum atomic E-state index is 0.866. The molecule has 0 saturated heterocycles. The van der Waals surface area contributed by atoms with Gasteiger partial charge in [-0.2, -0.15) is 0 Å². The number of hydrogen-bond donors (Lipinski definition) is 1. The minimum Gasteiger partial charge on any atom is -0.457 e. The lowest BCUT2D eigenvalue weighted by molar-refractivity contribution is -0.539. The highest BCUT2D eigenvalue weighted by molar-refractivity contribution is 5.39. The topological polar surface area (TPSA) is 25.8 Å². The van der Waals surface area contributed by atoms with Crippen molar-refractivity contribution in [3.63, 3.8) is 0 Å². The molecule has 2 N–H and O–H groups in total. The fourth-order valence-electron chi connectivity index (χ4n) is 1.38. The molecular formula is C13H14NO+. The maximum Gasteiger partial charge on any atom is 0.133 e. The summed E-state index contributed by atoms with van der Waals surface area (Å²) in [4.78, 5) is 0. The van der Waals surface area contributed by atoms with Crippen LogP contribution in [0.15, 0.2) is 54.6 Å². The number of nitrogens with two attached hydrogens (primary N) is 1. The number of rotatable bonds is 3. The molecule has 0 saturated carbocycles. The van der Waals surface area contributed by atoms with Crippen molar-refractivity contribution in [2.45, 2.75) is 0 Å². The molecule has 0 radical (unpaired) electrons. The van der Waals surface area contributed by atoms with Crippen molar-refractivity contribution in [3.05, 3.63) is 54.6 Å². The van der Waals surface area contributed by atoms with E-state index in [0.717, 1.165) is 11.5 Å². The molecular weight excluding hydrogens is 186 g/mol. The van der Waals surface area contributed by atoms with Gasteiger partial charge >= 0.3 is 0 Å². The van der Waals surface area contributed by atoms with Gasteiger partial charge in [0.15, 0.2) is 0 Å². The monoisotopic (exact) mass is 200 g/mol. The van der Waals surface area contributed by atoms with Gasteiger partial charge in [0.05, 0.1) is 7.05 Å². The first kappa shape index (κ1) is 9.74. The summed E-state index contributed by atoms with van der Waals surface area (Å²) in [7, 11) is 2.02. The Bertz CT molecular complexity index is 426. The van der Waals surface area contributed by atoms with E-state index in [9.17, 15) is 0 Å². The van der Waals surface area contributed by atoms with Gasteiger partial charge in [0.25, 0.3) is 0 Å². The molecule has 0 atom stereocenters. The van der Waals surface area contributed by atoms with Gasteiger partial charge in [0.1, 0.15) is 17.2 Å². The molecule has 0 spiro atoms. The van der Waals surface area contributed by atoms with Gasteiger partial charge in [-0.15, -0.1) is 0 Å². The van der Waals surface area contributed by atoms with Crippen molar-refractivity contribution in [1.82, 2.24) is 0 Å². The summed E-state index contributed by atoms with van der Waals surface area (Å²) < 4.78 is 5.70. The molecule has 0 unspecified atom stereocenters. The first-order chi connectivity index (χ1) is 7.38. The zero-order valence-electron chi connectivity index (χ0n) is 8.68. The number of ether oxygens (including phenoxy) is 1. The predicted octanol–water partition coefficient (Wildman–Crippen LogP) is 2.30. The maximum atomic E-state index is 5.70. The molecule has 0 heterocycles. The Labute approximate surface area is 89.5 Å². The van der Waals surface area contributed by atoms with Crippen molar-refractivity contribution in [3.8, 4) is 11.5 Å². The number of para-hydroxylation sites is 1. The van der Waals surface area contributed by atoms with Gasteiger partial charge < -0.3 is 10.1 Å². The number of quaternary nitrogens is 1. The zero-order chi connectivity index (χ0) is 10.5. The molecule has 0 fully saturated rings. The minimum absolute atomic E-state index is 0.866. The smallest absolute Gasteiger partial charge is 0.133 e. The summed E-state index contributed by atoms with van der Waals surface area (Å²) in [6.07, 6.45) is 0. The second kappa shape index (κ2) is 4.62. The average Bonchev–Trinajstić information content (AvgIpc) is 2.31. The second-order valence-electron chi connectivity index (χ2n) is 3.28. The highest BCUT2D eigenvalue weighted by Crippen LogP contribution is 2.21. The Morgan fingerprint density at radius 1 is 0.867 bits per heavy atom. The Balaban J connectivity index is 2.17. The van der Waals surface area contributed by atoms with Crippen LogP contribution >= 0.6 is 0 Å². The third-order valence-electron chi connectivity index (χ3n) is 2.17. The van der Waals surface area contributed by atoms with E-state index in [1.54, 1.807) is 0 Å². The van der Waals surface area contributed by atoms with Crippen LogP contribution in [0.5, 0.6) is 11.5 Å². The van der Waals surface area contributed by atoms with Crippen molar-refractivity contribution in [2.75, 3.05) is 7.05 Å². The second-order valence-corrected chi connectivity index (χ2v) is 3.28. The summed E-state index contributed by atoms with van der Waals surface area (Å²) in [5, 5.41) is 2.05. The highest BCUT2D eigenvalue weighted by atomic mass is 16.5. The van der Waals surface area contributed by atoms with Crippen LogP contribution in [-0.2, 0) is 0 Å². The van der Waals surface area contributed by atoms with E-state index in [1.807, 2.05) is 55.6 Å². The summed E-state index contributed by atoms with van der Waals surface area (Å²) in [5.41, 5.74) is 1.17. The standard InChI is InChI=1S/C13H13NO/c1-14-11-6-5-9-13(10-11)15-12-7-3-2-4-8-12/h2-10,14H,1H3/p+1. The molecule has 0 amide bonds. The zero-order valence-corrected chi connectivity index (χ0v) is 8.68. The maximum absolute atomic E-state index is 5.70. The first-order valence-corrected chi connectivity index (χ1v) is 5.01. The van der Waals surface area contributed by atoms with Crippen LogP contribution in [0.4, 0.5) is 5.69 Å². The van der Waals surface area contributed by atoms with Crippen LogP contribution in [0.3, 0.4) is 0 Å². The lowest BCUT2D eigenvalue weighted by Gasteiger charge is -2.05. The molecule has 2 rings (SSSR count). The van der Waals surface area contributed by atoms with Crippen LogP contribution in [-0.4, -0.2) is 7.05 Å². The van der Waals surface area contributed by atoms with E-state index < -0.39 is 0 Å². The molecule has 76 valence electrons. The summed E-state index contributed by atoms with van der Waals surface area (Å²) in [6.45, 7) is 0. The molecule has 0 aliphatic carbocycles. The van der Waals surface area contributed by atoms with Crippen molar-refractivity contribution < 1.29 is 10.1 Å². The lowest BCUT2D eigenvalue weighted by atomic mass is 10.3. The predicted molar refractivity (Wildman–Crippen MR) is 60.5 cm³/mol. The van der Waals surface area contributed by atoms with Crippen molar-refractivity contribution in [2.24, 2.45) is 0 Å². The molecule has 0 aliphatic heterocycles. The molecule has 15 heavy (non-hydrogen) atoms. The summed E-state index contributed by atoms with van der Waals surface area (Å²) in [5.74, 6) is 1.74. The van der Waals surface area contributed by atoms with E-state index in [1.165, 1.54) is 5.69 Å². The molecule has 2 nitrogen and oxygen atoms in total. The first-order valence-electron chi connectivity index (χ1n) is 5.01. The molecule has 2 aromatic rings. The van der Waals surface area contributed by atoms with Gasteiger partial charge in [-0.1, -0.05) is 24.3 Å². The van der Waals surface area contributed by atoms with E-state index in [4.69, 9.17) is 4.74 Å². The van der Waals surface area contributed by atoms with Gasteiger partial charge in [0, 0.05) is 6.07 Å². The highest BCUT2D eigenvalue weighted by Gasteiger charge is 1.98. The third-order valence-corrected chi connectivity index (χ3v) is 2.17. The molecule has 2 aromatic carbocycles. The van der Waals surface area contributed by atoms with E-state index >= 15 is 0 Å². The Hall–Kier alpha value is -1.80. The van der Waals surface area contributed by atoms with E-state index in [0.29, 0.717) is 0 Å². The average molecular weight is 200 g/mol. The summed E-state index contributed by atoms with van der Waals surface area (Å²) in [6, 6.07) is 17.8. The fourth-order valence-corrected chi connectivity index (χ4v) is 1.38. The molecule has 0 aromatic heterocycles. The Morgan fingerprint density at radius 2 is 1.60 bits per heavy atom. The van der Waals surface area contributed by atoms with E-state index in [2.05, 4.69) is 11.4 Å². The molecule has 2 heteroatoms.